The Hall–Kier alpha value is -0.380. The van der Waals surface area contributed by atoms with Gasteiger partial charge in [-0.05, 0) is 38.3 Å². The van der Waals surface area contributed by atoms with Crippen LogP contribution in [0.15, 0.2) is 22.5 Å². The second kappa shape index (κ2) is 12.9. The van der Waals surface area contributed by atoms with Gasteiger partial charge in [-0.15, -0.1) is 35.3 Å². The van der Waals surface area contributed by atoms with Gasteiger partial charge in [0.15, 0.2) is 5.96 Å². The van der Waals surface area contributed by atoms with E-state index in [9.17, 15) is 0 Å². The van der Waals surface area contributed by atoms with E-state index in [-0.39, 0.29) is 24.0 Å². The molecule has 1 aromatic rings. The first-order valence-electron chi connectivity index (χ1n) is 9.23. The number of hydrogen-bond donors (Lipinski definition) is 2. The van der Waals surface area contributed by atoms with E-state index in [4.69, 9.17) is 4.99 Å². The van der Waals surface area contributed by atoms with Crippen LogP contribution in [-0.4, -0.2) is 74.2 Å². The maximum absolute atomic E-state index is 4.79. The molecule has 144 valence electrons. The average Bonchev–Trinajstić information content (AvgIpc) is 3.13. The molecule has 1 fully saturated rings. The van der Waals surface area contributed by atoms with Crippen LogP contribution in [0, 0.1) is 0 Å². The first-order chi connectivity index (χ1) is 11.7. The van der Waals surface area contributed by atoms with Gasteiger partial charge in [0.05, 0.1) is 6.54 Å². The Labute approximate surface area is 174 Å². The number of rotatable bonds is 8. The molecule has 2 rings (SSSR count). The number of piperazine rings is 1. The molecule has 2 heterocycles. The van der Waals surface area contributed by atoms with E-state index in [1.807, 2.05) is 11.3 Å². The fourth-order valence-electron chi connectivity index (χ4n) is 2.96. The second-order valence-electron chi connectivity index (χ2n) is 6.30. The second-order valence-corrected chi connectivity index (χ2v) is 7.33. The van der Waals surface area contributed by atoms with Gasteiger partial charge in [-0.25, -0.2) is 0 Å². The Morgan fingerprint density at radius 2 is 2.00 bits per heavy atom. The van der Waals surface area contributed by atoms with Crippen molar-refractivity contribution in [3.8, 4) is 0 Å². The fraction of sp³-hybridized carbons (Fsp3) is 0.722. The molecule has 25 heavy (non-hydrogen) atoms. The third kappa shape index (κ3) is 8.23. The minimum absolute atomic E-state index is 0. The van der Waals surface area contributed by atoms with Crippen LogP contribution in [0.25, 0.3) is 0 Å². The number of guanidine groups is 1. The largest absolute Gasteiger partial charge is 0.357 e. The van der Waals surface area contributed by atoms with E-state index in [2.05, 4.69) is 58.7 Å². The maximum Gasteiger partial charge on any atom is 0.191 e. The van der Waals surface area contributed by atoms with Crippen LogP contribution in [0.3, 0.4) is 0 Å². The lowest BCUT2D eigenvalue weighted by Gasteiger charge is -2.37. The number of aliphatic imine (C=N–C) groups is 1. The topological polar surface area (TPSA) is 42.9 Å². The molecule has 1 aromatic heterocycles. The zero-order valence-corrected chi connectivity index (χ0v) is 19.0. The van der Waals surface area contributed by atoms with Crippen LogP contribution in [0.5, 0.6) is 0 Å². The molecule has 1 aliphatic rings. The van der Waals surface area contributed by atoms with Gasteiger partial charge in [-0.1, -0.05) is 13.0 Å². The quantitative estimate of drug-likeness (QED) is 0.342. The van der Waals surface area contributed by atoms with E-state index >= 15 is 0 Å². The summed E-state index contributed by atoms with van der Waals surface area (Å²) in [7, 11) is 0. The lowest BCUT2D eigenvalue weighted by Crippen LogP contribution is -2.50. The number of hydrogen-bond acceptors (Lipinski definition) is 4. The standard InChI is InChI=1S/C18H33N5S.HI/c1-4-19-18(20-9-8-17-7-6-14-24-17)21-15-16(3)23-12-10-22(5-2)11-13-23;/h6-7,14,16H,4-5,8-13,15H2,1-3H3,(H2,19,20,21);1H. The Morgan fingerprint density at radius 1 is 1.24 bits per heavy atom. The number of nitrogens with one attached hydrogen (secondary N) is 2. The highest BCUT2D eigenvalue weighted by molar-refractivity contribution is 14.0. The van der Waals surface area contributed by atoms with Gasteiger partial charge in [0.1, 0.15) is 0 Å². The van der Waals surface area contributed by atoms with Crippen molar-refractivity contribution < 1.29 is 0 Å². The summed E-state index contributed by atoms with van der Waals surface area (Å²) in [4.78, 5) is 11.3. The number of nitrogens with zero attached hydrogens (tertiary/aromatic N) is 3. The van der Waals surface area contributed by atoms with Crippen molar-refractivity contribution in [2.24, 2.45) is 4.99 Å². The molecule has 1 unspecified atom stereocenters. The Morgan fingerprint density at radius 3 is 2.60 bits per heavy atom. The SMILES string of the molecule is CCNC(=NCC(C)N1CCN(CC)CC1)NCCc1cccs1.I. The van der Waals surface area contributed by atoms with Crippen LogP contribution in [0.4, 0.5) is 0 Å². The summed E-state index contributed by atoms with van der Waals surface area (Å²) in [5.74, 6) is 0.938. The molecule has 0 aliphatic carbocycles. The zero-order chi connectivity index (χ0) is 17.2. The molecule has 1 atom stereocenters. The third-order valence-corrected chi connectivity index (χ3v) is 5.52. The predicted octanol–water partition coefficient (Wildman–Crippen LogP) is 2.49. The van der Waals surface area contributed by atoms with Crippen molar-refractivity contribution in [1.29, 1.82) is 0 Å². The molecule has 7 heteroatoms. The Kier molecular flexibility index (Phi) is 11.7. The molecule has 1 aliphatic heterocycles. The lowest BCUT2D eigenvalue weighted by molar-refractivity contribution is 0.109. The highest BCUT2D eigenvalue weighted by Gasteiger charge is 2.19. The summed E-state index contributed by atoms with van der Waals surface area (Å²) >= 11 is 1.82. The first kappa shape index (κ1) is 22.7. The molecule has 0 amide bonds. The van der Waals surface area contributed by atoms with Crippen LogP contribution in [0.1, 0.15) is 25.6 Å². The van der Waals surface area contributed by atoms with E-state index in [1.165, 1.54) is 24.5 Å². The lowest BCUT2D eigenvalue weighted by atomic mass is 10.2. The minimum Gasteiger partial charge on any atom is -0.357 e. The van der Waals surface area contributed by atoms with Gasteiger partial charge in [0.2, 0.25) is 0 Å². The highest BCUT2D eigenvalue weighted by atomic mass is 127. The molecule has 0 bridgehead atoms. The van der Waals surface area contributed by atoms with Crippen molar-refractivity contribution >= 4 is 41.3 Å². The summed E-state index contributed by atoms with van der Waals surface area (Å²) in [6, 6.07) is 4.80. The van der Waals surface area contributed by atoms with Crippen molar-refractivity contribution in [1.82, 2.24) is 20.4 Å². The summed E-state index contributed by atoms with van der Waals surface area (Å²) in [6.45, 7) is 15.2. The van der Waals surface area contributed by atoms with Crippen molar-refractivity contribution in [3.05, 3.63) is 22.4 Å². The predicted molar refractivity (Wildman–Crippen MR) is 121 cm³/mol. The fourth-order valence-corrected chi connectivity index (χ4v) is 3.67. The van der Waals surface area contributed by atoms with Gasteiger partial charge in [0, 0.05) is 50.2 Å². The highest BCUT2D eigenvalue weighted by Crippen LogP contribution is 2.08. The normalized spacial score (nSPS) is 17.8. The monoisotopic (exact) mass is 479 g/mol. The van der Waals surface area contributed by atoms with Gasteiger partial charge < -0.3 is 15.5 Å². The van der Waals surface area contributed by atoms with Crippen LogP contribution >= 0.6 is 35.3 Å². The maximum atomic E-state index is 4.79. The van der Waals surface area contributed by atoms with Crippen LogP contribution < -0.4 is 10.6 Å². The number of halogens is 1. The van der Waals surface area contributed by atoms with Crippen molar-refractivity contribution in [2.45, 2.75) is 33.2 Å². The molecule has 1 saturated heterocycles. The molecule has 0 aromatic carbocycles. The van der Waals surface area contributed by atoms with Gasteiger partial charge in [-0.3, -0.25) is 9.89 Å². The smallest absolute Gasteiger partial charge is 0.191 e. The summed E-state index contributed by atoms with van der Waals surface area (Å²) < 4.78 is 0. The molecular weight excluding hydrogens is 445 g/mol. The van der Waals surface area contributed by atoms with E-state index in [0.717, 1.165) is 45.1 Å². The summed E-state index contributed by atoms with van der Waals surface area (Å²) in [5.41, 5.74) is 0. The van der Waals surface area contributed by atoms with Gasteiger partial charge >= 0.3 is 0 Å². The first-order valence-corrected chi connectivity index (χ1v) is 10.1. The van der Waals surface area contributed by atoms with Gasteiger partial charge in [0.25, 0.3) is 0 Å². The number of thiophene rings is 1. The molecular formula is C18H34IN5S. The van der Waals surface area contributed by atoms with Crippen LogP contribution in [-0.2, 0) is 6.42 Å². The van der Waals surface area contributed by atoms with Crippen LogP contribution in [0.2, 0.25) is 0 Å². The van der Waals surface area contributed by atoms with E-state index in [1.54, 1.807) is 0 Å². The third-order valence-electron chi connectivity index (χ3n) is 4.58. The molecule has 0 saturated carbocycles. The summed E-state index contributed by atoms with van der Waals surface area (Å²) in [5, 5.41) is 8.94. The molecule has 0 spiro atoms. The number of likely N-dealkylation sites (N-methyl/N-ethyl adjacent to an activating group) is 1. The Bertz CT molecular complexity index is 472. The molecule has 5 nitrogen and oxygen atoms in total. The Balaban J connectivity index is 0.00000312. The van der Waals surface area contributed by atoms with Crippen molar-refractivity contribution in [3.63, 3.8) is 0 Å². The van der Waals surface area contributed by atoms with Crippen molar-refractivity contribution in [2.75, 3.05) is 52.4 Å². The molecule has 2 N–H and O–H groups in total. The minimum atomic E-state index is 0. The zero-order valence-electron chi connectivity index (χ0n) is 15.8. The molecule has 0 radical (unpaired) electrons. The summed E-state index contributed by atoms with van der Waals surface area (Å²) in [6.07, 6.45) is 1.05. The van der Waals surface area contributed by atoms with E-state index in [0.29, 0.717) is 6.04 Å². The van der Waals surface area contributed by atoms with E-state index < -0.39 is 0 Å². The average molecular weight is 479 g/mol. The van der Waals surface area contributed by atoms with Gasteiger partial charge in [-0.2, -0.15) is 0 Å².